The summed E-state index contributed by atoms with van der Waals surface area (Å²) in [5.41, 5.74) is 2.11. The monoisotopic (exact) mass is 133 g/mol. The molecule has 2 rings (SSSR count). The van der Waals surface area contributed by atoms with Crippen molar-refractivity contribution in [1.29, 1.82) is 0 Å². The highest BCUT2D eigenvalue weighted by molar-refractivity contribution is 7.58. The maximum absolute atomic E-state index is 2.62. The van der Waals surface area contributed by atoms with Crippen LogP contribution in [0.3, 0.4) is 0 Å². The molecule has 2 heterocycles. The van der Waals surface area contributed by atoms with Crippen molar-refractivity contribution >= 4 is 64.0 Å². The molecular formula is C2H10B9. The van der Waals surface area contributed by atoms with Gasteiger partial charge in [0.1, 0.15) is 0 Å². The van der Waals surface area contributed by atoms with E-state index in [-0.39, 0.29) is 0 Å². The zero-order valence-corrected chi connectivity index (χ0v) is 7.39. The molecule has 0 saturated carbocycles. The Morgan fingerprint density at radius 2 is 1.55 bits per heavy atom. The summed E-state index contributed by atoms with van der Waals surface area (Å²) in [6, 6.07) is 0. The van der Waals surface area contributed by atoms with Gasteiger partial charge in [0.15, 0.2) is 0 Å². The van der Waals surface area contributed by atoms with Crippen molar-refractivity contribution in [3.63, 3.8) is 0 Å². The first kappa shape index (κ1) is 8.19. The predicted octanol–water partition coefficient (Wildman–Crippen LogP) is -4.89. The summed E-state index contributed by atoms with van der Waals surface area (Å²) in [7, 11) is 14.6. The zero-order valence-electron chi connectivity index (χ0n) is 7.39. The second-order valence-corrected chi connectivity index (χ2v) is 4.23. The molecule has 0 aromatic rings. The van der Waals surface area contributed by atoms with Crippen molar-refractivity contribution in [3.8, 4) is 0 Å². The lowest BCUT2D eigenvalue weighted by atomic mass is 8.93. The highest BCUT2D eigenvalue weighted by atomic mass is 13.8. The van der Waals surface area contributed by atoms with Gasteiger partial charge in [0.25, 0.3) is 0 Å². The van der Waals surface area contributed by atoms with Crippen molar-refractivity contribution in [2.45, 2.75) is 11.4 Å². The summed E-state index contributed by atoms with van der Waals surface area (Å²) in [4.78, 5) is 0. The van der Waals surface area contributed by atoms with Gasteiger partial charge in [0.05, 0.1) is 28.7 Å². The normalized spacial score (nSPS) is 32.7. The van der Waals surface area contributed by atoms with Gasteiger partial charge >= 0.3 is 0 Å². The van der Waals surface area contributed by atoms with Crippen LogP contribution in [-0.2, 0) is 0 Å². The van der Waals surface area contributed by atoms with Crippen LogP contribution in [0.4, 0.5) is 0 Å². The van der Waals surface area contributed by atoms with Crippen LogP contribution in [0.1, 0.15) is 0 Å². The Bertz CT molecular complexity index is 111. The quantitative estimate of drug-likeness (QED) is 0.289. The molecule has 0 amide bonds. The van der Waals surface area contributed by atoms with Crippen LogP contribution < -0.4 is 0 Å². The van der Waals surface area contributed by atoms with Crippen LogP contribution >= 0.6 is 0 Å². The zero-order chi connectivity index (χ0) is 7.52. The second kappa shape index (κ2) is 4.00. The number of hydrogen-bond donors (Lipinski definition) is 0. The van der Waals surface area contributed by atoms with E-state index in [1.165, 1.54) is 56.8 Å². The summed E-state index contributed by atoms with van der Waals surface area (Å²) in [6.45, 7) is 0. The molecule has 2 saturated heterocycles. The van der Waals surface area contributed by atoms with E-state index < -0.39 is 0 Å². The van der Waals surface area contributed by atoms with Crippen LogP contribution in [0.2, 0.25) is 11.4 Å². The molecule has 1 radical (unpaired) electrons. The van der Waals surface area contributed by atoms with Gasteiger partial charge in [-0.25, -0.2) is 0 Å². The molecular weight excluding hydrogens is 121 g/mol. The molecule has 2 aliphatic rings. The molecule has 2 unspecified atom stereocenters. The standard InChI is InChI=1S/C2H10B9/c3-1-2(4-8-7-3)6-10-11-9-5-1/h1-5,7-11H. The van der Waals surface area contributed by atoms with Crippen molar-refractivity contribution in [3.05, 3.63) is 0 Å². The topological polar surface area (TPSA) is 0 Å². The molecule has 2 atom stereocenters. The Morgan fingerprint density at radius 1 is 0.818 bits per heavy atom. The van der Waals surface area contributed by atoms with Crippen molar-refractivity contribution in [2.24, 2.45) is 0 Å². The summed E-state index contributed by atoms with van der Waals surface area (Å²) in [5.74, 6) is 0. The van der Waals surface area contributed by atoms with Crippen molar-refractivity contribution in [1.82, 2.24) is 0 Å². The van der Waals surface area contributed by atoms with Gasteiger partial charge in [-0.3, -0.25) is 0 Å². The van der Waals surface area contributed by atoms with Gasteiger partial charge in [-0.2, -0.15) is 0 Å². The van der Waals surface area contributed by atoms with E-state index in [0.29, 0.717) is 0 Å². The first-order chi connectivity index (χ1) is 5.47. The highest BCUT2D eigenvalue weighted by Gasteiger charge is 2.29. The Morgan fingerprint density at radius 3 is 2.45 bits per heavy atom. The molecule has 11 heavy (non-hydrogen) atoms. The molecule has 0 nitrogen and oxygen atoms in total. The first-order valence-electron chi connectivity index (χ1n) is 5.30. The van der Waals surface area contributed by atoms with E-state index in [2.05, 4.69) is 7.17 Å². The summed E-state index contributed by atoms with van der Waals surface area (Å²) >= 11 is 0. The molecule has 0 bridgehead atoms. The lowest BCUT2D eigenvalue weighted by Crippen LogP contribution is -2.40. The lowest BCUT2D eigenvalue weighted by molar-refractivity contribution is 1.23. The lowest BCUT2D eigenvalue weighted by Gasteiger charge is -2.27. The molecule has 0 aliphatic carbocycles. The summed E-state index contributed by atoms with van der Waals surface area (Å²) in [5, 5.41) is 0. The third-order valence-corrected chi connectivity index (χ3v) is 3.47. The minimum Gasteiger partial charge on any atom is -0.118 e. The van der Waals surface area contributed by atoms with E-state index in [1.807, 2.05) is 0 Å². The number of fused-ring (bicyclic) bond motifs is 1. The average Bonchev–Trinajstić information content (AvgIpc) is 2.28. The van der Waals surface area contributed by atoms with Crippen molar-refractivity contribution < 1.29 is 0 Å². The fourth-order valence-electron chi connectivity index (χ4n) is 2.79. The predicted molar refractivity (Wildman–Crippen MR) is 70.4 cm³/mol. The van der Waals surface area contributed by atoms with Crippen LogP contribution in [0.25, 0.3) is 0 Å². The van der Waals surface area contributed by atoms with E-state index >= 15 is 0 Å². The Balaban J connectivity index is 1.93. The summed E-state index contributed by atoms with van der Waals surface area (Å²) < 4.78 is 0. The SMILES string of the molecule is [B]1BBBBC2BBBBC12. The number of hydrogen-bond acceptors (Lipinski definition) is 0. The fourth-order valence-corrected chi connectivity index (χ4v) is 2.79. The minimum absolute atomic E-state index is 1.02. The third kappa shape index (κ3) is 2.03. The molecule has 2 aliphatic heterocycles. The molecule has 0 N–H and O–H groups in total. The van der Waals surface area contributed by atoms with Gasteiger partial charge < -0.3 is 0 Å². The Hall–Kier alpha value is 0.584. The van der Waals surface area contributed by atoms with Crippen LogP contribution in [0.5, 0.6) is 0 Å². The minimum atomic E-state index is 1.02. The Kier molecular flexibility index (Phi) is 2.98. The molecule has 45 valence electrons. The number of rotatable bonds is 0. The molecule has 2 fully saturated rings. The van der Waals surface area contributed by atoms with Gasteiger partial charge in [0, 0.05) is 35.3 Å². The Labute approximate surface area is 75.9 Å². The van der Waals surface area contributed by atoms with Crippen LogP contribution in [-0.4, -0.2) is 64.0 Å². The van der Waals surface area contributed by atoms with Crippen LogP contribution in [0, 0.1) is 0 Å². The van der Waals surface area contributed by atoms with Crippen molar-refractivity contribution in [2.75, 3.05) is 0 Å². The molecule has 0 aromatic carbocycles. The highest BCUT2D eigenvalue weighted by Crippen LogP contribution is 2.22. The fraction of sp³-hybridized carbons (Fsp3) is 1.00. The second-order valence-electron chi connectivity index (χ2n) is 4.23. The molecule has 9 heteroatoms. The smallest absolute Gasteiger partial charge is 0.0704 e. The molecule has 0 spiro atoms. The maximum Gasteiger partial charge on any atom is 0.0704 e. The van der Waals surface area contributed by atoms with E-state index in [1.54, 1.807) is 0 Å². The van der Waals surface area contributed by atoms with E-state index in [4.69, 9.17) is 0 Å². The largest absolute Gasteiger partial charge is 0.118 e. The van der Waals surface area contributed by atoms with Gasteiger partial charge in [0.2, 0.25) is 0 Å². The van der Waals surface area contributed by atoms with Crippen LogP contribution in [0.15, 0.2) is 0 Å². The average molecular weight is 131 g/mol. The molecule has 0 aromatic heterocycles. The van der Waals surface area contributed by atoms with E-state index in [0.717, 1.165) is 11.4 Å². The first-order valence-corrected chi connectivity index (χ1v) is 5.30. The van der Waals surface area contributed by atoms with Gasteiger partial charge in [-0.1, -0.05) is 0 Å². The third-order valence-electron chi connectivity index (χ3n) is 3.47. The van der Waals surface area contributed by atoms with Gasteiger partial charge in [-0.15, -0.1) is 11.4 Å². The van der Waals surface area contributed by atoms with E-state index in [9.17, 15) is 0 Å². The summed E-state index contributed by atoms with van der Waals surface area (Å²) in [6.07, 6.45) is 0. The maximum atomic E-state index is 2.62. The van der Waals surface area contributed by atoms with Gasteiger partial charge in [-0.05, 0) is 0 Å².